The summed E-state index contributed by atoms with van der Waals surface area (Å²) in [7, 11) is 0. The monoisotopic (exact) mass is 184 g/mol. The Morgan fingerprint density at radius 3 is 1.08 bits per heavy atom. The highest BCUT2D eigenvalue weighted by Gasteiger charge is 2.55. The molecule has 0 aromatic carbocycles. The van der Waals surface area contributed by atoms with Crippen molar-refractivity contribution in [3.8, 4) is 0 Å². The molecule has 0 heterocycles. The molecule has 0 heteroatoms. The predicted molar refractivity (Wildman–Crippen MR) is 64.0 cm³/mol. The van der Waals surface area contributed by atoms with Crippen molar-refractivity contribution in [1.82, 2.24) is 0 Å². The Hall–Kier alpha value is -0.260. The highest BCUT2D eigenvalue weighted by atomic mass is 14.6. The first kappa shape index (κ1) is 15.2. The molecule has 0 amide bonds. The summed E-state index contributed by atoms with van der Waals surface area (Å²) >= 11 is 0. The number of rotatable bonds is 0. The van der Waals surface area contributed by atoms with E-state index in [1.54, 1.807) is 0 Å². The highest BCUT2D eigenvalue weighted by Crippen LogP contribution is 2.67. The van der Waals surface area contributed by atoms with Gasteiger partial charge in [0.15, 0.2) is 0 Å². The summed E-state index contributed by atoms with van der Waals surface area (Å²) in [5.41, 5.74) is 1.52. The maximum atomic E-state index is 2.50. The van der Waals surface area contributed by atoms with Crippen LogP contribution in [0.5, 0.6) is 0 Å². The van der Waals surface area contributed by atoms with Crippen LogP contribution in [0.2, 0.25) is 0 Å². The van der Waals surface area contributed by atoms with Crippen molar-refractivity contribution in [3.05, 3.63) is 12.2 Å². The SMILES string of the molecule is C.C.C.C.C1=CC2(CC2)CC12CC2. The summed E-state index contributed by atoms with van der Waals surface area (Å²) in [6.07, 6.45) is 12.5. The third kappa shape index (κ3) is 2.15. The molecule has 3 rings (SSSR count). The van der Waals surface area contributed by atoms with E-state index in [0.29, 0.717) is 0 Å². The largest absolute Gasteiger partial charge is 0.0817 e. The van der Waals surface area contributed by atoms with Gasteiger partial charge in [0.05, 0.1) is 0 Å². The molecule has 80 valence electrons. The maximum absolute atomic E-state index is 2.50. The standard InChI is InChI=1S/C9H12.4CH4/c1-2-8(1)5-6-9(7-8)3-4-9;;;;/h5-6H,1-4,7H2;4*1H4. The highest BCUT2D eigenvalue weighted by molar-refractivity contribution is 5.26. The van der Waals surface area contributed by atoms with Crippen LogP contribution >= 0.6 is 0 Å². The van der Waals surface area contributed by atoms with Crippen molar-refractivity contribution in [2.45, 2.75) is 61.8 Å². The zero-order valence-electron chi connectivity index (χ0n) is 5.69. The first-order valence-electron chi connectivity index (χ1n) is 4.03. The minimum absolute atomic E-state index is 0. The molecule has 3 aliphatic rings. The van der Waals surface area contributed by atoms with Gasteiger partial charge >= 0.3 is 0 Å². The minimum Gasteiger partial charge on any atom is -0.0817 e. The van der Waals surface area contributed by atoms with Gasteiger partial charge in [-0.2, -0.15) is 0 Å². The van der Waals surface area contributed by atoms with E-state index in [2.05, 4.69) is 12.2 Å². The van der Waals surface area contributed by atoms with Crippen LogP contribution in [0.1, 0.15) is 61.8 Å². The Morgan fingerprint density at radius 2 is 0.923 bits per heavy atom. The molecule has 2 saturated carbocycles. The molecular formula is C13H28. The van der Waals surface area contributed by atoms with E-state index < -0.39 is 0 Å². The molecule has 0 atom stereocenters. The lowest BCUT2D eigenvalue weighted by molar-refractivity contribution is 0.501. The summed E-state index contributed by atoms with van der Waals surface area (Å²) in [6, 6.07) is 0. The zero-order chi connectivity index (χ0) is 5.95. The van der Waals surface area contributed by atoms with E-state index in [4.69, 9.17) is 0 Å². The fourth-order valence-corrected chi connectivity index (χ4v) is 2.18. The van der Waals surface area contributed by atoms with Crippen molar-refractivity contribution < 1.29 is 0 Å². The zero-order valence-corrected chi connectivity index (χ0v) is 5.69. The molecule has 0 saturated heterocycles. The fourth-order valence-electron chi connectivity index (χ4n) is 2.18. The summed E-state index contributed by atoms with van der Waals surface area (Å²) in [6.45, 7) is 0. The van der Waals surface area contributed by atoms with Crippen molar-refractivity contribution in [2.75, 3.05) is 0 Å². The topological polar surface area (TPSA) is 0 Å². The predicted octanol–water partition coefficient (Wildman–Crippen LogP) is 5.05. The molecular weight excluding hydrogens is 156 g/mol. The van der Waals surface area contributed by atoms with Crippen LogP contribution in [-0.2, 0) is 0 Å². The Kier molecular flexibility index (Phi) is 4.52. The van der Waals surface area contributed by atoms with Crippen molar-refractivity contribution in [2.24, 2.45) is 10.8 Å². The Morgan fingerprint density at radius 1 is 0.615 bits per heavy atom. The van der Waals surface area contributed by atoms with E-state index in [1.165, 1.54) is 32.1 Å². The van der Waals surface area contributed by atoms with Gasteiger partial charge in [-0.15, -0.1) is 0 Å². The minimum atomic E-state index is 0. The molecule has 2 spiro atoms. The van der Waals surface area contributed by atoms with Gasteiger partial charge in [0, 0.05) is 0 Å². The van der Waals surface area contributed by atoms with E-state index >= 15 is 0 Å². The second-order valence-electron chi connectivity index (χ2n) is 4.23. The molecule has 2 fully saturated rings. The van der Waals surface area contributed by atoms with Gasteiger partial charge in [-0.25, -0.2) is 0 Å². The molecule has 0 nitrogen and oxygen atoms in total. The third-order valence-electron chi connectivity index (χ3n) is 3.28. The molecule has 13 heavy (non-hydrogen) atoms. The first-order chi connectivity index (χ1) is 4.33. The molecule has 0 aliphatic heterocycles. The summed E-state index contributed by atoms with van der Waals surface area (Å²) in [4.78, 5) is 0. The lowest BCUT2D eigenvalue weighted by Gasteiger charge is -2.04. The number of hydrogen-bond donors (Lipinski definition) is 0. The van der Waals surface area contributed by atoms with Crippen LogP contribution in [0.3, 0.4) is 0 Å². The van der Waals surface area contributed by atoms with Gasteiger partial charge in [0.2, 0.25) is 0 Å². The summed E-state index contributed by atoms with van der Waals surface area (Å²) in [5, 5.41) is 0. The second kappa shape index (κ2) is 3.86. The van der Waals surface area contributed by atoms with Crippen LogP contribution in [0.25, 0.3) is 0 Å². The van der Waals surface area contributed by atoms with Gasteiger partial charge in [-0.05, 0) is 42.9 Å². The smallest absolute Gasteiger partial charge is 0.0109 e. The number of allylic oxidation sites excluding steroid dienone is 2. The maximum Gasteiger partial charge on any atom is -0.0109 e. The van der Waals surface area contributed by atoms with E-state index in [0.717, 1.165) is 10.8 Å². The normalized spacial score (nSPS) is 26.5. The molecule has 0 aromatic heterocycles. The van der Waals surface area contributed by atoms with Crippen LogP contribution in [-0.4, -0.2) is 0 Å². The van der Waals surface area contributed by atoms with Gasteiger partial charge in [0.1, 0.15) is 0 Å². The molecule has 0 radical (unpaired) electrons. The first-order valence-corrected chi connectivity index (χ1v) is 4.03. The second-order valence-corrected chi connectivity index (χ2v) is 4.23. The molecule has 0 aromatic rings. The lowest BCUT2D eigenvalue weighted by Crippen LogP contribution is -1.95. The Bertz CT molecular complexity index is 160. The number of hydrogen-bond acceptors (Lipinski definition) is 0. The molecule has 0 N–H and O–H groups in total. The molecule has 0 bridgehead atoms. The average Bonchev–Trinajstić information content (AvgIpc) is 2.62. The fraction of sp³-hybridized carbons (Fsp3) is 0.846. The van der Waals surface area contributed by atoms with Crippen molar-refractivity contribution in [1.29, 1.82) is 0 Å². The Balaban J connectivity index is 0. The van der Waals surface area contributed by atoms with Gasteiger partial charge in [0.25, 0.3) is 0 Å². The van der Waals surface area contributed by atoms with Gasteiger partial charge in [-0.1, -0.05) is 41.9 Å². The molecule has 0 unspecified atom stereocenters. The van der Waals surface area contributed by atoms with Crippen molar-refractivity contribution >= 4 is 0 Å². The quantitative estimate of drug-likeness (QED) is 0.462. The third-order valence-corrected chi connectivity index (χ3v) is 3.28. The van der Waals surface area contributed by atoms with E-state index in [1.807, 2.05) is 0 Å². The van der Waals surface area contributed by atoms with Gasteiger partial charge < -0.3 is 0 Å². The van der Waals surface area contributed by atoms with Gasteiger partial charge in [-0.3, -0.25) is 0 Å². The molecule has 3 aliphatic carbocycles. The average molecular weight is 184 g/mol. The lowest BCUT2D eigenvalue weighted by atomic mass is 9.99. The van der Waals surface area contributed by atoms with Crippen LogP contribution in [0, 0.1) is 10.8 Å². The van der Waals surface area contributed by atoms with E-state index in [-0.39, 0.29) is 29.7 Å². The van der Waals surface area contributed by atoms with Crippen LogP contribution in [0.15, 0.2) is 12.2 Å². The Labute approximate surface area is 85.4 Å². The summed E-state index contributed by atoms with van der Waals surface area (Å²) in [5.74, 6) is 0. The summed E-state index contributed by atoms with van der Waals surface area (Å²) < 4.78 is 0. The van der Waals surface area contributed by atoms with Crippen molar-refractivity contribution in [3.63, 3.8) is 0 Å². The van der Waals surface area contributed by atoms with E-state index in [9.17, 15) is 0 Å². The van der Waals surface area contributed by atoms with Crippen LogP contribution in [0.4, 0.5) is 0 Å². The van der Waals surface area contributed by atoms with Crippen LogP contribution < -0.4 is 0 Å².